The number of nitrogens with zero attached hydrogens (tertiary/aromatic N) is 1. The zero-order chi connectivity index (χ0) is 14.5. The molecule has 0 aliphatic carbocycles. The van der Waals surface area contributed by atoms with E-state index in [-0.39, 0.29) is 30.0 Å². The second kappa shape index (κ2) is 6.13. The predicted molar refractivity (Wildman–Crippen MR) is 69.7 cm³/mol. The molecule has 0 bridgehead atoms. The van der Waals surface area contributed by atoms with E-state index in [0.29, 0.717) is 5.56 Å². The maximum Gasteiger partial charge on any atom is 0.165 e. The first-order chi connectivity index (χ1) is 9.65. The van der Waals surface area contributed by atoms with Crippen molar-refractivity contribution in [2.24, 2.45) is 5.73 Å². The van der Waals surface area contributed by atoms with E-state index in [4.69, 9.17) is 15.7 Å². The molecule has 0 aliphatic rings. The summed E-state index contributed by atoms with van der Waals surface area (Å²) in [6, 6.07) is 10.5. The molecule has 0 aromatic heterocycles. The third-order valence-corrected chi connectivity index (χ3v) is 2.81. The van der Waals surface area contributed by atoms with Gasteiger partial charge in [-0.05, 0) is 23.8 Å². The van der Waals surface area contributed by atoms with E-state index in [2.05, 4.69) is 0 Å². The summed E-state index contributed by atoms with van der Waals surface area (Å²) in [6.45, 7) is 0.0797. The van der Waals surface area contributed by atoms with Crippen LogP contribution in [0.2, 0.25) is 0 Å². The van der Waals surface area contributed by atoms with Crippen LogP contribution >= 0.6 is 0 Å². The van der Waals surface area contributed by atoms with Crippen LogP contribution in [0.4, 0.5) is 8.78 Å². The van der Waals surface area contributed by atoms with Gasteiger partial charge in [0.1, 0.15) is 18.5 Å². The molecule has 3 nitrogen and oxygen atoms in total. The molecule has 0 fully saturated rings. The minimum atomic E-state index is -0.644. The van der Waals surface area contributed by atoms with Gasteiger partial charge in [-0.3, -0.25) is 0 Å². The average Bonchev–Trinajstić information content (AvgIpc) is 2.47. The standard InChI is InChI=1S/C15H12F2N2O/c16-13-6-10(7-18)4-5-14(13)20-9-12-3-1-2-11(8-19)15(12)17/h1-6H,7,9,18H2. The number of rotatable bonds is 4. The lowest BCUT2D eigenvalue weighted by molar-refractivity contribution is 0.284. The fourth-order valence-corrected chi connectivity index (χ4v) is 1.72. The molecule has 20 heavy (non-hydrogen) atoms. The Morgan fingerprint density at radius 3 is 2.65 bits per heavy atom. The molecule has 5 heteroatoms. The second-order valence-corrected chi connectivity index (χ2v) is 4.15. The average molecular weight is 274 g/mol. The van der Waals surface area contributed by atoms with Gasteiger partial charge < -0.3 is 10.5 Å². The molecule has 0 spiro atoms. The first kappa shape index (κ1) is 14.0. The Bertz CT molecular complexity index is 665. The first-order valence-electron chi connectivity index (χ1n) is 5.94. The van der Waals surface area contributed by atoms with Crippen LogP contribution in [0.15, 0.2) is 36.4 Å². The Morgan fingerprint density at radius 1 is 1.20 bits per heavy atom. The van der Waals surface area contributed by atoms with Crippen molar-refractivity contribution in [3.63, 3.8) is 0 Å². The van der Waals surface area contributed by atoms with Gasteiger partial charge in [-0.2, -0.15) is 5.26 Å². The van der Waals surface area contributed by atoms with E-state index in [1.165, 1.54) is 24.3 Å². The molecular formula is C15H12F2N2O. The van der Waals surface area contributed by atoms with E-state index < -0.39 is 11.6 Å². The van der Waals surface area contributed by atoms with Crippen molar-refractivity contribution in [2.45, 2.75) is 13.2 Å². The van der Waals surface area contributed by atoms with E-state index in [0.717, 1.165) is 0 Å². The van der Waals surface area contributed by atoms with Crippen molar-refractivity contribution in [2.75, 3.05) is 0 Å². The van der Waals surface area contributed by atoms with Crippen LogP contribution in [0.5, 0.6) is 5.75 Å². The summed E-state index contributed by atoms with van der Waals surface area (Å²) >= 11 is 0. The molecule has 0 radical (unpaired) electrons. The number of nitrogens with two attached hydrogens (primary N) is 1. The minimum absolute atomic E-state index is 0.0176. The van der Waals surface area contributed by atoms with Gasteiger partial charge in [0.2, 0.25) is 0 Å². The monoisotopic (exact) mass is 274 g/mol. The predicted octanol–water partition coefficient (Wildman–Crippen LogP) is 2.87. The van der Waals surface area contributed by atoms with Gasteiger partial charge in [0.15, 0.2) is 11.6 Å². The third-order valence-electron chi connectivity index (χ3n) is 2.81. The van der Waals surface area contributed by atoms with E-state index in [1.807, 2.05) is 0 Å². The largest absolute Gasteiger partial charge is 0.486 e. The van der Waals surface area contributed by atoms with Gasteiger partial charge in [0, 0.05) is 12.1 Å². The normalized spacial score (nSPS) is 10.1. The zero-order valence-corrected chi connectivity index (χ0v) is 10.6. The molecule has 2 N–H and O–H groups in total. The minimum Gasteiger partial charge on any atom is -0.486 e. The molecule has 2 rings (SSSR count). The summed E-state index contributed by atoms with van der Waals surface area (Å²) in [7, 11) is 0. The van der Waals surface area contributed by atoms with Crippen LogP contribution in [0, 0.1) is 23.0 Å². The lowest BCUT2D eigenvalue weighted by Gasteiger charge is -2.09. The molecule has 102 valence electrons. The fraction of sp³-hybridized carbons (Fsp3) is 0.133. The topological polar surface area (TPSA) is 59.0 Å². The van der Waals surface area contributed by atoms with Crippen LogP contribution in [0.25, 0.3) is 0 Å². The van der Waals surface area contributed by atoms with E-state index in [9.17, 15) is 8.78 Å². The summed E-state index contributed by atoms with van der Waals surface area (Å²) in [5, 5.41) is 8.73. The molecule has 0 saturated heterocycles. The van der Waals surface area contributed by atoms with Gasteiger partial charge in [0.05, 0.1) is 5.56 Å². The Morgan fingerprint density at radius 2 is 2.00 bits per heavy atom. The van der Waals surface area contributed by atoms with Crippen LogP contribution < -0.4 is 10.5 Å². The van der Waals surface area contributed by atoms with Crippen molar-refractivity contribution in [3.8, 4) is 11.8 Å². The Labute approximate surface area is 115 Å². The maximum atomic E-state index is 13.8. The molecule has 0 amide bonds. The van der Waals surface area contributed by atoms with Gasteiger partial charge in [-0.15, -0.1) is 0 Å². The van der Waals surface area contributed by atoms with Gasteiger partial charge in [-0.25, -0.2) is 8.78 Å². The third kappa shape index (κ3) is 2.92. The highest BCUT2D eigenvalue weighted by molar-refractivity contribution is 5.35. The van der Waals surface area contributed by atoms with Gasteiger partial charge in [0.25, 0.3) is 0 Å². The maximum absolute atomic E-state index is 13.8. The molecule has 0 saturated carbocycles. The van der Waals surface area contributed by atoms with Crippen LogP contribution in [-0.4, -0.2) is 0 Å². The lowest BCUT2D eigenvalue weighted by Crippen LogP contribution is -2.03. The molecule has 0 aliphatic heterocycles. The van der Waals surface area contributed by atoms with Crippen molar-refractivity contribution in [3.05, 3.63) is 64.7 Å². The fourth-order valence-electron chi connectivity index (χ4n) is 1.72. The number of hydrogen-bond acceptors (Lipinski definition) is 3. The second-order valence-electron chi connectivity index (χ2n) is 4.15. The SMILES string of the molecule is N#Cc1cccc(COc2ccc(CN)cc2F)c1F. The summed E-state index contributed by atoms with van der Waals surface area (Å²) in [6.07, 6.45) is 0. The van der Waals surface area contributed by atoms with Crippen LogP contribution in [0.3, 0.4) is 0 Å². The first-order valence-corrected chi connectivity index (χ1v) is 5.94. The summed E-state index contributed by atoms with van der Waals surface area (Å²) in [5.41, 5.74) is 6.18. The van der Waals surface area contributed by atoms with E-state index in [1.54, 1.807) is 18.2 Å². The number of nitriles is 1. The highest BCUT2D eigenvalue weighted by atomic mass is 19.1. The van der Waals surface area contributed by atoms with Gasteiger partial charge in [-0.1, -0.05) is 18.2 Å². The lowest BCUT2D eigenvalue weighted by atomic mass is 10.1. The summed E-state index contributed by atoms with van der Waals surface area (Å²) in [5.74, 6) is -1.18. The number of benzene rings is 2. The molecular weight excluding hydrogens is 262 g/mol. The zero-order valence-electron chi connectivity index (χ0n) is 10.6. The van der Waals surface area contributed by atoms with Crippen molar-refractivity contribution < 1.29 is 13.5 Å². The van der Waals surface area contributed by atoms with Crippen molar-refractivity contribution in [1.29, 1.82) is 5.26 Å². The number of halogens is 2. The Hall–Kier alpha value is -2.45. The van der Waals surface area contributed by atoms with Crippen molar-refractivity contribution in [1.82, 2.24) is 0 Å². The summed E-state index contributed by atoms with van der Waals surface area (Å²) in [4.78, 5) is 0. The number of ether oxygens (including phenoxy) is 1. The Kier molecular flexibility index (Phi) is 4.28. The highest BCUT2D eigenvalue weighted by Crippen LogP contribution is 2.21. The molecule has 0 unspecified atom stereocenters. The van der Waals surface area contributed by atoms with Crippen LogP contribution in [-0.2, 0) is 13.2 Å². The van der Waals surface area contributed by atoms with E-state index >= 15 is 0 Å². The quantitative estimate of drug-likeness (QED) is 0.932. The molecule has 2 aromatic rings. The molecule has 2 aromatic carbocycles. The smallest absolute Gasteiger partial charge is 0.165 e. The Balaban J connectivity index is 2.15. The van der Waals surface area contributed by atoms with Crippen LogP contribution in [0.1, 0.15) is 16.7 Å². The van der Waals surface area contributed by atoms with Crippen molar-refractivity contribution >= 4 is 0 Å². The van der Waals surface area contributed by atoms with Gasteiger partial charge >= 0.3 is 0 Å². The molecule has 0 heterocycles. The number of hydrogen-bond donors (Lipinski definition) is 1. The summed E-state index contributed by atoms with van der Waals surface area (Å²) < 4.78 is 32.7. The molecule has 0 atom stereocenters. The highest BCUT2D eigenvalue weighted by Gasteiger charge is 2.10.